The summed E-state index contributed by atoms with van der Waals surface area (Å²) in [6.45, 7) is 2.16. The summed E-state index contributed by atoms with van der Waals surface area (Å²) in [5.74, 6) is 1.92. The summed E-state index contributed by atoms with van der Waals surface area (Å²) < 4.78 is 11.0. The molecule has 0 bridgehead atoms. The number of pyridine rings is 1. The topological polar surface area (TPSA) is 83.6 Å². The van der Waals surface area contributed by atoms with Gasteiger partial charge in [0.15, 0.2) is 0 Å². The molecule has 0 atom stereocenters. The van der Waals surface area contributed by atoms with E-state index in [9.17, 15) is 4.79 Å². The molecule has 142 valence electrons. The van der Waals surface area contributed by atoms with E-state index in [0.717, 1.165) is 28.1 Å². The van der Waals surface area contributed by atoms with E-state index in [2.05, 4.69) is 15.2 Å². The maximum atomic E-state index is 12.9. The molecule has 1 saturated heterocycles. The lowest BCUT2D eigenvalue weighted by Gasteiger charge is -2.21. The van der Waals surface area contributed by atoms with Crippen LogP contribution in [0.1, 0.15) is 11.3 Å². The quantitative estimate of drug-likeness (QED) is 0.756. The fourth-order valence-electron chi connectivity index (χ4n) is 3.62. The van der Waals surface area contributed by atoms with E-state index in [1.54, 1.807) is 18.2 Å². The predicted molar refractivity (Wildman–Crippen MR) is 102 cm³/mol. The van der Waals surface area contributed by atoms with Crippen LogP contribution >= 0.6 is 0 Å². The van der Waals surface area contributed by atoms with E-state index >= 15 is 0 Å². The van der Waals surface area contributed by atoms with Crippen molar-refractivity contribution >= 4 is 11.8 Å². The maximum Gasteiger partial charge on any atom is 0.326 e. The lowest BCUT2D eigenvalue weighted by atomic mass is 10.1. The largest absolute Gasteiger partial charge is 0.497 e. The number of ether oxygens (including phenoxy) is 2. The van der Waals surface area contributed by atoms with E-state index < -0.39 is 0 Å². The number of urea groups is 1. The van der Waals surface area contributed by atoms with E-state index in [0.29, 0.717) is 37.9 Å². The smallest absolute Gasteiger partial charge is 0.326 e. The molecule has 0 aliphatic carbocycles. The summed E-state index contributed by atoms with van der Waals surface area (Å²) in [6.07, 6.45) is 1.77. The minimum atomic E-state index is -0.0601. The Kier molecular flexibility index (Phi) is 3.89. The highest BCUT2D eigenvalue weighted by molar-refractivity contribution is 5.93. The van der Waals surface area contributed by atoms with E-state index in [-0.39, 0.29) is 6.03 Å². The SMILES string of the molecule is COc1cccc(CN2CCN(c3ccc4c(n3)OCc3[nH]ncc3-4)C2=O)c1. The number of carbonyl (C=O) groups is 1. The second kappa shape index (κ2) is 6.56. The molecule has 2 aliphatic rings. The van der Waals surface area contributed by atoms with Gasteiger partial charge in [-0.3, -0.25) is 10.00 Å². The van der Waals surface area contributed by atoms with Gasteiger partial charge in [0.1, 0.15) is 18.2 Å². The van der Waals surface area contributed by atoms with Gasteiger partial charge in [-0.15, -0.1) is 0 Å². The number of hydrogen-bond acceptors (Lipinski definition) is 5. The average Bonchev–Trinajstić information content (AvgIpc) is 3.35. The highest BCUT2D eigenvalue weighted by Crippen LogP contribution is 2.36. The van der Waals surface area contributed by atoms with Gasteiger partial charge in [0.25, 0.3) is 0 Å². The van der Waals surface area contributed by atoms with Crippen LogP contribution in [0.4, 0.5) is 10.6 Å². The number of aromatic nitrogens is 3. The Morgan fingerprint density at radius 1 is 1.21 bits per heavy atom. The summed E-state index contributed by atoms with van der Waals surface area (Å²) >= 11 is 0. The summed E-state index contributed by atoms with van der Waals surface area (Å²) in [4.78, 5) is 21.0. The Bertz CT molecular complexity index is 1050. The van der Waals surface area contributed by atoms with Crippen LogP contribution in [0.25, 0.3) is 11.1 Å². The number of nitrogens with zero attached hydrogens (tertiary/aromatic N) is 4. The molecule has 2 aromatic heterocycles. The molecular formula is C20H19N5O3. The first-order valence-electron chi connectivity index (χ1n) is 9.09. The number of rotatable bonds is 4. The molecule has 3 aromatic rings. The van der Waals surface area contributed by atoms with Gasteiger partial charge in [-0.05, 0) is 29.8 Å². The van der Waals surface area contributed by atoms with Crippen LogP contribution in [0.3, 0.4) is 0 Å². The molecule has 1 fully saturated rings. The fourth-order valence-corrected chi connectivity index (χ4v) is 3.62. The van der Waals surface area contributed by atoms with Crippen molar-refractivity contribution in [1.29, 1.82) is 0 Å². The van der Waals surface area contributed by atoms with Crippen molar-refractivity contribution in [1.82, 2.24) is 20.1 Å². The number of anilines is 1. The minimum Gasteiger partial charge on any atom is -0.497 e. The Balaban J connectivity index is 1.36. The van der Waals surface area contributed by atoms with Crippen LogP contribution in [0, 0.1) is 0 Å². The van der Waals surface area contributed by atoms with Gasteiger partial charge in [0.2, 0.25) is 5.88 Å². The van der Waals surface area contributed by atoms with Gasteiger partial charge in [-0.25, -0.2) is 4.79 Å². The third-order valence-electron chi connectivity index (χ3n) is 5.09. The van der Waals surface area contributed by atoms with Gasteiger partial charge < -0.3 is 14.4 Å². The summed E-state index contributed by atoms with van der Waals surface area (Å²) in [7, 11) is 1.64. The van der Waals surface area contributed by atoms with Gasteiger partial charge >= 0.3 is 6.03 Å². The molecule has 1 N–H and O–H groups in total. The van der Waals surface area contributed by atoms with Crippen molar-refractivity contribution in [3.63, 3.8) is 0 Å². The Morgan fingerprint density at radius 3 is 3.04 bits per heavy atom. The van der Waals surface area contributed by atoms with Crippen molar-refractivity contribution in [2.75, 3.05) is 25.1 Å². The lowest BCUT2D eigenvalue weighted by molar-refractivity contribution is 0.218. The number of carbonyl (C=O) groups excluding carboxylic acids is 1. The van der Waals surface area contributed by atoms with Crippen molar-refractivity contribution < 1.29 is 14.3 Å². The van der Waals surface area contributed by atoms with Crippen molar-refractivity contribution in [3.05, 3.63) is 53.9 Å². The second-order valence-corrected chi connectivity index (χ2v) is 6.78. The first-order valence-corrected chi connectivity index (χ1v) is 9.09. The molecule has 0 spiro atoms. The summed E-state index contributed by atoms with van der Waals surface area (Å²) in [5, 5.41) is 6.99. The molecule has 0 unspecified atom stereocenters. The van der Waals surface area contributed by atoms with E-state index in [1.165, 1.54) is 0 Å². The van der Waals surface area contributed by atoms with Crippen molar-refractivity contribution in [2.24, 2.45) is 0 Å². The molecule has 8 heteroatoms. The molecule has 2 amide bonds. The Morgan fingerprint density at radius 2 is 2.14 bits per heavy atom. The number of benzene rings is 1. The number of methoxy groups -OCH3 is 1. The number of aromatic amines is 1. The van der Waals surface area contributed by atoms with Crippen LogP contribution in [0.15, 0.2) is 42.6 Å². The zero-order chi connectivity index (χ0) is 19.1. The molecule has 8 nitrogen and oxygen atoms in total. The molecular weight excluding hydrogens is 358 g/mol. The van der Waals surface area contributed by atoms with E-state index in [1.807, 2.05) is 41.3 Å². The number of H-pyrrole nitrogens is 1. The molecule has 5 rings (SSSR count). The van der Waals surface area contributed by atoms with Crippen molar-refractivity contribution in [2.45, 2.75) is 13.2 Å². The van der Waals surface area contributed by atoms with Gasteiger partial charge in [-0.2, -0.15) is 10.1 Å². The summed E-state index contributed by atoms with van der Waals surface area (Å²) in [5.41, 5.74) is 3.85. The third-order valence-corrected chi connectivity index (χ3v) is 5.09. The Labute approximate surface area is 161 Å². The highest BCUT2D eigenvalue weighted by atomic mass is 16.5. The minimum absolute atomic E-state index is 0.0601. The molecule has 1 aromatic carbocycles. The molecule has 0 saturated carbocycles. The number of hydrogen-bond donors (Lipinski definition) is 1. The fraction of sp³-hybridized carbons (Fsp3) is 0.250. The third kappa shape index (κ3) is 2.74. The van der Waals surface area contributed by atoms with Crippen molar-refractivity contribution in [3.8, 4) is 22.8 Å². The second-order valence-electron chi connectivity index (χ2n) is 6.78. The first-order chi connectivity index (χ1) is 13.7. The zero-order valence-electron chi connectivity index (χ0n) is 15.4. The Hall–Kier alpha value is -3.55. The van der Waals surface area contributed by atoms with Gasteiger partial charge in [-0.1, -0.05) is 12.1 Å². The van der Waals surface area contributed by atoms with Crippen LogP contribution in [0.5, 0.6) is 11.6 Å². The van der Waals surface area contributed by atoms with Gasteiger partial charge in [0.05, 0.1) is 19.0 Å². The monoisotopic (exact) mass is 377 g/mol. The van der Waals surface area contributed by atoms with Crippen LogP contribution < -0.4 is 14.4 Å². The standard InChI is InChI=1S/C20H19N5O3/c1-27-14-4-2-3-13(9-14)11-24-7-8-25(20(24)26)18-6-5-15-16-10-21-23-17(16)12-28-19(15)22-18/h2-6,9-10H,7-8,11-12H2,1H3,(H,21,23). The predicted octanol–water partition coefficient (Wildman–Crippen LogP) is 2.81. The van der Waals surface area contributed by atoms with Crippen LogP contribution in [-0.4, -0.2) is 46.3 Å². The molecule has 0 radical (unpaired) electrons. The number of fused-ring (bicyclic) bond motifs is 3. The molecule has 2 aliphatic heterocycles. The zero-order valence-corrected chi connectivity index (χ0v) is 15.4. The average molecular weight is 377 g/mol. The van der Waals surface area contributed by atoms with Gasteiger partial charge in [0, 0.05) is 30.8 Å². The number of nitrogens with one attached hydrogen (secondary N) is 1. The molecule has 4 heterocycles. The lowest BCUT2D eigenvalue weighted by Crippen LogP contribution is -2.32. The van der Waals surface area contributed by atoms with Crippen LogP contribution in [0.2, 0.25) is 0 Å². The highest BCUT2D eigenvalue weighted by Gasteiger charge is 2.31. The van der Waals surface area contributed by atoms with Crippen LogP contribution in [-0.2, 0) is 13.2 Å². The maximum absolute atomic E-state index is 12.9. The summed E-state index contributed by atoms with van der Waals surface area (Å²) in [6, 6.07) is 11.5. The molecule has 28 heavy (non-hydrogen) atoms. The first kappa shape index (κ1) is 16.6. The number of amides is 2. The van der Waals surface area contributed by atoms with E-state index in [4.69, 9.17) is 9.47 Å². The normalized spacial score (nSPS) is 15.2.